The Labute approximate surface area is 225 Å². The molecular formula is C29H41N3O6. The first-order valence-electron chi connectivity index (χ1n) is 12.8. The van der Waals surface area contributed by atoms with Crippen molar-refractivity contribution >= 4 is 18.5 Å². The summed E-state index contributed by atoms with van der Waals surface area (Å²) in [5.74, 6) is 0.706. The van der Waals surface area contributed by atoms with Gasteiger partial charge in [0.2, 0.25) is 0 Å². The number of nitrogens with one attached hydrogen (secondary N) is 2. The van der Waals surface area contributed by atoms with Gasteiger partial charge in [-0.3, -0.25) is 9.69 Å². The zero-order valence-electron chi connectivity index (χ0n) is 23.3. The number of alkyl carbamates (subject to hydrolysis) is 2. The largest absolute Gasteiger partial charge is 0.492 e. The van der Waals surface area contributed by atoms with Crippen molar-refractivity contribution in [3.8, 4) is 16.9 Å². The smallest absolute Gasteiger partial charge is 0.407 e. The zero-order valence-corrected chi connectivity index (χ0v) is 23.3. The van der Waals surface area contributed by atoms with Crippen LogP contribution in [0.1, 0.15) is 51.9 Å². The second-order valence-electron chi connectivity index (χ2n) is 10.8. The predicted octanol–water partition coefficient (Wildman–Crippen LogP) is 4.90. The first-order chi connectivity index (χ1) is 17.8. The van der Waals surface area contributed by atoms with Crippen molar-refractivity contribution in [3.63, 3.8) is 0 Å². The second kappa shape index (κ2) is 14.4. The van der Waals surface area contributed by atoms with E-state index in [1.54, 1.807) is 6.07 Å². The number of rotatable bonds is 12. The number of ether oxygens (including phenoxy) is 3. The molecule has 9 heteroatoms. The molecule has 38 heavy (non-hydrogen) atoms. The van der Waals surface area contributed by atoms with Crippen LogP contribution < -0.4 is 15.4 Å². The van der Waals surface area contributed by atoms with Crippen molar-refractivity contribution in [1.82, 2.24) is 15.5 Å². The highest BCUT2D eigenvalue weighted by molar-refractivity contribution is 5.79. The number of carbonyl (C=O) groups excluding carboxylic acids is 3. The molecule has 0 heterocycles. The second-order valence-corrected chi connectivity index (χ2v) is 10.8. The molecule has 2 aromatic rings. The molecule has 0 atom stereocenters. The molecule has 0 saturated carbocycles. The molecule has 0 aliphatic carbocycles. The lowest BCUT2D eigenvalue weighted by Gasteiger charge is -2.24. The van der Waals surface area contributed by atoms with Crippen molar-refractivity contribution in [1.29, 1.82) is 0 Å². The standard InChI is InChI=1S/C29H41N3O6/c1-28(2,3)37-26(34)30-13-15-32(16-14-31-27(35)38-29(4,5)6)17-18-36-25-12-8-11-24(20-25)23-10-7-9-22(19-23)21-33/h7-12,19-21H,13-18H2,1-6H3,(H,30,34)(H,31,35). The summed E-state index contributed by atoms with van der Waals surface area (Å²) in [5, 5.41) is 5.53. The van der Waals surface area contributed by atoms with Crippen LogP contribution in [0, 0.1) is 0 Å². The monoisotopic (exact) mass is 527 g/mol. The summed E-state index contributed by atoms with van der Waals surface area (Å²) in [7, 11) is 0. The van der Waals surface area contributed by atoms with Crippen LogP contribution in [0.2, 0.25) is 0 Å². The Kier molecular flexibility index (Phi) is 11.6. The molecule has 0 bridgehead atoms. The number of benzene rings is 2. The number of hydrogen-bond acceptors (Lipinski definition) is 7. The van der Waals surface area contributed by atoms with Crippen LogP contribution in [0.15, 0.2) is 48.5 Å². The molecule has 208 valence electrons. The lowest BCUT2D eigenvalue weighted by Crippen LogP contribution is -2.43. The van der Waals surface area contributed by atoms with Crippen molar-refractivity contribution in [2.45, 2.75) is 52.7 Å². The number of carbonyl (C=O) groups is 3. The van der Waals surface area contributed by atoms with E-state index in [0.717, 1.165) is 17.4 Å². The number of aldehydes is 1. The quantitative estimate of drug-likeness (QED) is 0.378. The molecule has 2 rings (SSSR count). The van der Waals surface area contributed by atoms with Gasteiger partial charge in [-0.2, -0.15) is 0 Å². The third kappa shape index (κ3) is 12.6. The Morgan fingerprint density at radius 2 is 1.32 bits per heavy atom. The normalized spacial score (nSPS) is 11.6. The maximum atomic E-state index is 12.0. The van der Waals surface area contributed by atoms with E-state index in [0.29, 0.717) is 50.6 Å². The van der Waals surface area contributed by atoms with Crippen LogP contribution in [-0.4, -0.2) is 73.9 Å². The van der Waals surface area contributed by atoms with Gasteiger partial charge in [0.05, 0.1) is 0 Å². The topological polar surface area (TPSA) is 106 Å². The fraction of sp³-hybridized carbons (Fsp3) is 0.483. The summed E-state index contributed by atoms with van der Waals surface area (Å²) < 4.78 is 16.6. The van der Waals surface area contributed by atoms with Gasteiger partial charge in [-0.15, -0.1) is 0 Å². The molecular weight excluding hydrogens is 486 g/mol. The molecule has 9 nitrogen and oxygen atoms in total. The fourth-order valence-electron chi connectivity index (χ4n) is 3.45. The van der Waals surface area contributed by atoms with Gasteiger partial charge in [-0.05, 0) is 70.9 Å². The van der Waals surface area contributed by atoms with Crippen LogP contribution in [0.4, 0.5) is 9.59 Å². The van der Waals surface area contributed by atoms with E-state index in [1.165, 1.54) is 0 Å². The maximum Gasteiger partial charge on any atom is 0.407 e. The highest BCUT2D eigenvalue weighted by Gasteiger charge is 2.17. The first kappa shape index (κ1) is 30.6. The molecule has 2 aromatic carbocycles. The average molecular weight is 528 g/mol. The lowest BCUT2D eigenvalue weighted by molar-refractivity contribution is 0.0520. The third-order valence-electron chi connectivity index (χ3n) is 5.06. The molecule has 0 spiro atoms. The highest BCUT2D eigenvalue weighted by Crippen LogP contribution is 2.24. The van der Waals surface area contributed by atoms with E-state index >= 15 is 0 Å². The van der Waals surface area contributed by atoms with Crippen molar-refractivity contribution < 1.29 is 28.6 Å². The van der Waals surface area contributed by atoms with Gasteiger partial charge in [-0.25, -0.2) is 9.59 Å². The van der Waals surface area contributed by atoms with Crippen LogP contribution in [0.5, 0.6) is 5.75 Å². The Morgan fingerprint density at radius 3 is 1.84 bits per heavy atom. The molecule has 0 aliphatic heterocycles. The predicted molar refractivity (Wildman–Crippen MR) is 148 cm³/mol. The summed E-state index contributed by atoms with van der Waals surface area (Å²) in [6.07, 6.45) is -0.125. The van der Waals surface area contributed by atoms with Crippen LogP contribution in [0.3, 0.4) is 0 Å². The van der Waals surface area contributed by atoms with Gasteiger partial charge in [0.25, 0.3) is 0 Å². The first-order valence-corrected chi connectivity index (χ1v) is 12.8. The van der Waals surface area contributed by atoms with Crippen molar-refractivity contribution in [2.75, 3.05) is 39.3 Å². The molecule has 0 aromatic heterocycles. The van der Waals surface area contributed by atoms with Crippen LogP contribution in [0.25, 0.3) is 11.1 Å². The van der Waals surface area contributed by atoms with Gasteiger partial charge in [-0.1, -0.05) is 30.3 Å². The molecule has 2 amide bonds. The van der Waals surface area contributed by atoms with Gasteiger partial charge < -0.3 is 24.8 Å². The molecule has 0 unspecified atom stereocenters. The van der Waals surface area contributed by atoms with E-state index in [9.17, 15) is 14.4 Å². The minimum Gasteiger partial charge on any atom is -0.492 e. The van der Waals surface area contributed by atoms with Crippen molar-refractivity contribution in [3.05, 3.63) is 54.1 Å². The number of hydrogen-bond donors (Lipinski definition) is 2. The van der Waals surface area contributed by atoms with E-state index in [4.69, 9.17) is 14.2 Å². The Morgan fingerprint density at radius 1 is 0.789 bits per heavy atom. The molecule has 0 radical (unpaired) electrons. The maximum absolute atomic E-state index is 12.0. The SMILES string of the molecule is CC(C)(C)OC(=O)NCCN(CCNC(=O)OC(C)(C)C)CCOc1cccc(-c2cccc(C=O)c2)c1. The van der Waals surface area contributed by atoms with E-state index in [1.807, 2.05) is 84.0 Å². The molecule has 0 saturated heterocycles. The Hall–Kier alpha value is -3.59. The average Bonchev–Trinajstić information content (AvgIpc) is 2.81. The summed E-state index contributed by atoms with van der Waals surface area (Å²) >= 11 is 0. The van der Waals surface area contributed by atoms with E-state index < -0.39 is 23.4 Å². The summed E-state index contributed by atoms with van der Waals surface area (Å²) in [6, 6.07) is 15.1. The fourth-order valence-corrected chi connectivity index (χ4v) is 3.45. The summed E-state index contributed by atoms with van der Waals surface area (Å²) in [4.78, 5) is 37.2. The minimum atomic E-state index is -0.571. The number of amides is 2. The minimum absolute atomic E-state index is 0.379. The highest BCUT2D eigenvalue weighted by atomic mass is 16.6. The summed E-state index contributed by atoms with van der Waals surface area (Å²) in [6.45, 7) is 13.7. The molecule has 0 aliphatic rings. The van der Waals surface area contributed by atoms with E-state index in [2.05, 4.69) is 15.5 Å². The zero-order chi connectivity index (χ0) is 28.2. The van der Waals surface area contributed by atoms with Gasteiger partial charge in [0, 0.05) is 38.3 Å². The Balaban J connectivity index is 1.93. The van der Waals surface area contributed by atoms with Gasteiger partial charge in [0.15, 0.2) is 0 Å². The van der Waals surface area contributed by atoms with E-state index in [-0.39, 0.29) is 0 Å². The van der Waals surface area contributed by atoms with Crippen LogP contribution >= 0.6 is 0 Å². The molecule has 0 fully saturated rings. The number of nitrogens with zero attached hydrogens (tertiary/aromatic N) is 1. The van der Waals surface area contributed by atoms with Crippen molar-refractivity contribution in [2.24, 2.45) is 0 Å². The Bertz CT molecular complexity index is 1020. The van der Waals surface area contributed by atoms with Gasteiger partial charge >= 0.3 is 12.2 Å². The third-order valence-corrected chi connectivity index (χ3v) is 5.06. The lowest BCUT2D eigenvalue weighted by atomic mass is 10.0. The van der Waals surface area contributed by atoms with Gasteiger partial charge in [0.1, 0.15) is 29.8 Å². The summed E-state index contributed by atoms with van der Waals surface area (Å²) in [5.41, 5.74) is 1.36. The molecule has 2 N–H and O–H groups in total. The van der Waals surface area contributed by atoms with Crippen LogP contribution in [-0.2, 0) is 9.47 Å².